The molecule has 0 radical (unpaired) electrons. The number of hydrogen-bond acceptors (Lipinski definition) is 2. The molecule has 1 aromatic carbocycles. The molecule has 3 nitrogen and oxygen atoms in total. The molecule has 1 atom stereocenters. The molecule has 0 aromatic heterocycles. The van der Waals surface area contributed by atoms with E-state index in [1.54, 1.807) is 6.92 Å². The Morgan fingerprint density at radius 2 is 1.94 bits per heavy atom. The van der Waals surface area contributed by atoms with Gasteiger partial charge in [0.25, 0.3) is 0 Å². The van der Waals surface area contributed by atoms with Crippen molar-refractivity contribution in [2.75, 3.05) is 0 Å². The lowest BCUT2D eigenvalue weighted by Crippen LogP contribution is -2.37. The van der Waals surface area contributed by atoms with Gasteiger partial charge in [0, 0.05) is 16.6 Å². The predicted molar refractivity (Wildman–Crippen MR) is 71.5 cm³/mol. The predicted octanol–water partition coefficient (Wildman–Crippen LogP) is 2.94. The minimum atomic E-state index is -3.60. The molecule has 1 aromatic rings. The maximum atomic E-state index is 13.5. The molecule has 0 saturated carbocycles. The Balaban J connectivity index is 2.90. The Kier molecular flexibility index (Phi) is 5.13. The molecule has 0 fully saturated rings. The van der Waals surface area contributed by atoms with Crippen molar-refractivity contribution < 1.29 is 12.8 Å². The maximum Gasteiger partial charge on any atom is 0.216 e. The highest BCUT2D eigenvalue weighted by molar-refractivity contribution is 7.88. The van der Waals surface area contributed by atoms with E-state index in [4.69, 9.17) is 11.6 Å². The Labute approximate surface area is 112 Å². The van der Waals surface area contributed by atoms with E-state index in [2.05, 4.69) is 4.72 Å². The third-order valence-electron chi connectivity index (χ3n) is 2.76. The standard InChI is InChI=1S/C12H17ClFNO2S/c1-8(2)9(3)15-18(16,17)7-10-11(13)5-4-6-12(10)14/h4-6,8-9,15H,7H2,1-3H3. The molecule has 0 heterocycles. The second-order valence-electron chi connectivity index (χ2n) is 4.61. The number of sulfonamides is 1. The van der Waals surface area contributed by atoms with Crippen molar-refractivity contribution in [3.05, 3.63) is 34.6 Å². The minimum Gasteiger partial charge on any atom is -0.212 e. The Morgan fingerprint density at radius 1 is 1.33 bits per heavy atom. The third-order valence-corrected chi connectivity index (χ3v) is 4.52. The fourth-order valence-corrected chi connectivity index (χ4v) is 3.23. The van der Waals surface area contributed by atoms with Crippen molar-refractivity contribution in [1.82, 2.24) is 4.72 Å². The van der Waals surface area contributed by atoms with Gasteiger partial charge in [-0.05, 0) is 25.0 Å². The first-order valence-electron chi connectivity index (χ1n) is 5.66. The van der Waals surface area contributed by atoms with E-state index in [0.29, 0.717) is 0 Å². The van der Waals surface area contributed by atoms with Gasteiger partial charge in [-0.3, -0.25) is 0 Å². The minimum absolute atomic E-state index is 0.00243. The number of nitrogens with one attached hydrogen (secondary N) is 1. The highest BCUT2D eigenvalue weighted by Gasteiger charge is 2.20. The molecule has 1 unspecified atom stereocenters. The molecule has 6 heteroatoms. The van der Waals surface area contributed by atoms with Crippen molar-refractivity contribution in [2.45, 2.75) is 32.6 Å². The third kappa shape index (κ3) is 4.23. The highest BCUT2D eigenvalue weighted by atomic mass is 35.5. The molecule has 102 valence electrons. The van der Waals surface area contributed by atoms with Crippen LogP contribution in [0.5, 0.6) is 0 Å². The van der Waals surface area contributed by atoms with E-state index < -0.39 is 21.6 Å². The summed E-state index contributed by atoms with van der Waals surface area (Å²) >= 11 is 5.80. The van der Waals surface area contributed by atoms with Gasteiger partial charge in [0.15, 0.2) is 0 Å². The molecule has 1 rings (SSSR count). The zero-order valence-corrected chi connectivity index (χ0v) is 12.1. The van der Waals surface area contributed by atoms with E-state index in [1.807, 2.05) is 13.8 Å². The zero-order chi connectivity index (χ0) is 13.9. The van der Waals surface area contributed by atoms with Crippen molar-refractivity contribution in [2.24, 2.45) is 5.92 Å². The first kappa shape index (κ1) is 15.4. The van der Waals surface area contributed by atoms with Crippen LogP contribution in [0.2, 0.25) is 5.02 Å². The van der Waals surface area contributed by atoms with Gasteiger partial charge < -0.3 is 0 Å². The molecule has 0 amide bonds. The molecular formula is C12H17ClFNO2S. The highest BCUT2D eigenvalue weighted by Crippen LogP contribution is 2.21. The van der Waals surface area contributed by atoms with Crippen LogP contribution in [0.1, 0.15) is 26.3 Å². The maximum absolute atomic E-state index is 13.5. The second-order valence-corrected chi connectivity index (χ2v) is 6.77. The number of halogens is 2. The summed E-state index contributed by atoms with van der Waals surface area (Å²) in [4.78, 5) is 0. The molecule has 0 aliphatic rings. The summed E-state index contributed by atoms with van der Waals surface area (Å²) in [5, 5.41) is 0.123. The quantitative estimate of drug-likeness (QED) is 0.907. The number of benzene rings is 1. The summed E-state index contributed by atoms with van der Waals surface area (Å²) in [6.07, 6.45) is 0. The molecule has 0 aliphatic carbocycles. The average molecular weight is 294 g/mol. The van der Waals surface area contributed by atoms with Gasteiger partial charge in [-0.15, -0.1) is 0 Å². The molecule has 18 heavy (non-hydrogen) atoms. The Bertz CT molecular complexity index is 497. The van der Waals surface area contributed by atoms with Gasteiger partial charge in [0.05, 0.1) is 5.75 Å². The lowest BCUT2D eigenvalue weighted by molar-refractivity contribution is 0.475. The topological polar surface area (TPSA) is 46.2 Å². The van der Waals surface area contributed by atoms with Crippen LogP contribution in [0.4, 0.5) is 4.39 Å². The molecule has 0 spiro atoms. The van der Waals surface area contributed by atoms with Crippen molar-refractivity contribution in [1.29, 1.82) is 0 Å². The lowest BCUT2D eigenvalue weighted by atomic mass is 10.1. The van der Waals surface area contributed by atoms with Crippen LogP contribution in [0.15, 0.2) is 18.2 Å². The van der Waals surface area contributed by atoms with Crippen LogP contribution < -0.4 is 4.72 Å². The number of hydrogen-bond donors (Lipinski definition) is 1. The van der Waals surface area contributed by atoms with E-state index in [0.717, 1.165) is 0 Å². The van der Waals surface area contributed by atoms with Crippen LogP contribution >= 0.6 is 11.6 Å². The summed E-state index contributed by atoms with van der Waals surface area (Å²) in [6.45, 7) is 5.58. The Hall–Kier alpha value is -0.650. The van der Waals surface area contributed by atoms with E-state index in [-0.39, 0.29) is 22.5 Å². The molecular weight excluding hydrogens is 277 g/mol. The first-order valence-corrected chi connectivity index (χ1v) is 7.69. The summed E-state index contributed by atoms with van der Waals surface area (Å²) in [7, 11) is -3.60. The number of rotatable bonds is 5. The van der Waals surface area contributed by atoms with Crippen LogP contribution in [0.3, 0.4) is 0 Å². The van der Waals surface area contributed by atoms with E-state index in [1.165, 1.54) is 18.2 Å². The van der Waals surface area contributed by atoms with Crippen molar-refractivity contribution >= 4 is 21.6 Å². The second kappa shape index (κ2) is 5.99. The monoisotopic (exact) mass is 293 g/mol. The molecule has 0 saturated heterocycles. The van der Waals surface area contributed by atoms with Crippen LogP contribution in [0.25, 0.3) is 0 Å². The molecule has 0 bridgehead atoms. The fraction of sp³-hybridized carbons (Fsp3) is 0.500. The van der Waals surface area contributed by atoms with Gasteiger partial charge >= 0.3 is 0 Å². The van der Waals surface area contributed by atoms with Crippen molar-refractivity contribution in [3.63, 3.8) is 0 Å². The Morgan fingerprint density at radius 3 is 2.44 bits per heavy atom. The van der Waals surface area contributed by atoms with Gasteiger partial charge in [-0.25, -0.2) is 17.5 Å². The average Bonchev–Trinajstić information content (AvgIpc) is 2.23. The molecule has 1 N–H and O–H groups in total. The first-order chi connectivity index (χ1) is 8.23. The SMILES string of the molecule is CC(C)C(C)NS(=O)(=O)Cc1c(F)cccc1Cl. The summed E-state index contributed by atoms with van der Waals surface area (Å²) in [5.41, 5.74) is 0.00243. The lowest BCUT2D eigenvalue weighted by Gasteiger charge is -2.17. The van der Waals surface area contributed by atoms with Crippen LogP contribution in [0, 0.1) is 11.7 Å². The van der Waals surface area contributed by atoms with Crippen LogP contribution in [-0.2, 0) is 15.8 Å². The van der Waals surface area contributed by atoms with E-state index >= 15 is 0 Å². The fourth-order valence-electron chi connectivity index (χ4n) is 1.32. The van der Waals surface area contributed by atoms with E-state index in [9.17, 15) is 12.8 Å². The van der Waals surface area contributed by atoms with Crippen LogP contribution in [-0.4, -0.2) is 14.5 Å². The summed E-state index contributed by atoms with van der Waals surface area (Å²) < 4.78 is 39.8. The normalized spacial score (nSPS) is 13.9. The summed E-state index contributed by atoms with van der Waals surface area (Å²) in [6, 6.07) is 3.91. The van der Waals surface area contributed by atoms with Gasteiger partial charge in [-0.2, -0.15) is 0 Å². The van der Waals surface area contributed by atoms with Gasteiger partial charge in [0.2, 0.25) is 10.0 Å². The smallest absolute Gasteiger partial charge is 0.212 e. The van der Waals surface area contributed by atoms with Gasteiger partial charge in [-0.1, -0.05) is 31.5 Å². The molecule has 0 aliphatic heterocycles. The summed E-state index contributed by atoms with van der Waals surface area (Å²) in [5.74, 6) is -0.892. The van der Waals surface area contributed by atoms with Gasteiger partial charge in [0.1, 0.15) is 5.82 Å². The zero-order valence-electron chi connectivity index (χ0n) is 10.6. The largest absolute Gasteiger partial charge is 0.216 e. The van der Waals surface area contributed by atoms with Crippen molar-refractivity contribution in [3.8, 4) is 0 Å².